The molecule has 1 radical (unpaired) electrons. The van der Waals surface area contributed by atoms with E-state index in [1.165, 1.54) is 4.90 Å². The maximum absolute atomic E-state index is 11.2. The third-order valence-electron chi connectivity index (χ3n) is 1.48. The summed E-state index contributed by atoms with van der Waals surface area (Å²) in [6.07, 6.45) is 0.923. The van der Waals surface area contributed by atoms with Gasteiger partial charge < -0.3 is 15.1 Å². The van der Waals surface area contributed by atoms with E-state index in [0.717, 1.165) is 0 Å². The van der Waals surface area contributed by atoms with Crippen molar-refractivity contribution in [2.45, 2.75) is 12.8 Å². The number of nitrogens with zero attached hydrogens (tertiary/aromatic N) is 1. The van der Waals surface area contributed by atoms with Gasteiger partial charge in [0.05, 0.1) is 13.2 Å². The van der Waals surface area contributed by atoms with Gasteiger partial charge in [-0.05, 0) is 6.42 Å². The number of hydrogen-bond donors (Lipinski definition) is 2. The summed E-state index contributed by atoms with van der Waals surface area (Å²) >= 11 is 0. The molecule has 0 saturated carbocycles. The summed E-state index contributed by atoms with van der Waals surface area (Å²) in [5.74, 6) is -0.0619. The molecule has 71 valence electrons. The molecule has 0 saturated heterocycles. The van der Waals surface area contributed by atoms with E-state index < -0.39 is 0 Å². The van der Waals surface area contributed by atoms with Crippen LogP contribution in [0.1, 0.15) is 12.8 Å². The standard InChI is InChI=1S/C8H16NO3/c1-2-3-8(12)9(4-6-10)5-7-11/h10-11H,1-7H2. The van der Waals surface area contributed by atoms with E-state index in [0.29, 0.717) is 25.9 Å². The predicted octanol–water partition coefficient (Wildman–Crippen LogP) is -0.586. The second-order valence-corrected chi connectivity index (χ2v) is 2.43. The van der Waals surface area contributed by atoms with Gasteiger partial charge in [0, 0.05) is 19.5 Å². The van der Waals surface area contributed by atoms with E-state index in [9.17, 15) is 4.79 Å². The van der Waals surface area contributed by atoms with Crippen LogP contribution in [0, 0.1) is 6.92 Å². The van der Waals surface area contributed by atoms with Crippen LogP contribution in [0.2, 0.25) is 0 Å². The van der Waals surface area contributed by atoms with E-state index in [2.05, 4.69) is 6.92 Å². The normalized spacial score (nSPS) is 9.92. The molecule has 0 unspecified atom stereocenters. The highest BCUT2D eigenvalue weighted by Crippen LogP contribution is 1.96. The molecule has 0 aliphatic carbocycles. The Labute approximate surface area is 72.8 Å². The largest absolute Gasteiger partial charge is 0.395 e. The highest BCUT2D eigenvalue weighted by atomic mass is 16.3. The number of carbonyl (C=O) groups excluding carboxylic acids is 1. The van der Waals surface area contributed by atoms with Crippen molar-refractivity contribution < 1.29 is 15.0 Å². The topological polar surface area (TPSA) is 60.8 Å². The molecule has 4 heteroatoms. The molecular weight excluding hydrogens is 158 g/mol. The average Bonchev–Trinajstić information content (AvgIpc) is 2.04. The lowest BCUT2D eigenvalue weighted by molar-refractivity contribution is -0.132. The minimum Gasteiger partial charge on any atom is -0.395 e. The number of carbonyl (C=O) groups is 1. The van der Waals surface area contributed by atoms with Crippen LogP contribution >= 0.6 is 0 Å². The molecule has 0 rings (SSSR count). The fraction of sp³-hybridized carbons (Fsp3) is 0.750. The number of rotatable bonds is 6. The van der Waals surface area contributed by atoms with Gasteiger partial charge in [-0.15, -0.1) is 0 Å². The van der Waals surface area contributed by atoms with Gasteiger partial charge in [-0.1, -0.05) is 6.92 Å². The first-order chi connectivity index (χ1) is 5.76. The third-order valence-corrected chi connectivity index (χ3v) is 1.48. The lowest BCUT2D eigenvalue weighted by Crippen LogP contribution is -2.35. The van der Waals surface area contributed by atoms with Gasteiger partial charge in [0.15, 0.2) is 0 Å². The molecule has 12 heavy (non-hydrogen) atoms. The number of aliphatic hydroxyl groups is 2. The second-order valence-electron chi connectivity index (χ2n) is 2.43. The van der Waals surface area contributed by atoms with E-state index in [-0.39, 0.29) is 19.1 Å². The first-order valence-electron chi connectivity index (χ1n) is 4.05. The number of hydrogen-bond acceptors (Lipinski definition) is 3. The smallest absolute Gasteiger partial charge is 0.222 e. The van der Waals surface area contributed by atoms with Crippen molar-refractivity contribution in [1.82, 2.24) is 4.90 Å². The molecule has 0 aromatic heterocycles. The van der Waals surface area contributed by atoms with Gasteiger partial charge in [0.1, 0.15) is 0 Å². The van der Waals surface area contributed by atoms with Gasteiger partial charge in [-0.2, -0.15) is 0 Å². The lowest BCUT2D eigenvalue weighted by Gasteiger charge is -2.19. The van der Waals surface area contributed by atoms with Crippen LogP contribution in [-0.2, 0) is 4.79 Å². The SMILES string of the molecule is [CH2]CCC(=O)N(CCO)CCO. The Kier molecular flexibility index (Phi) is 6.70. The average molecular weight is 174 g/mol. The fourth-order valence-electron chi connectivity index (χ4n) is 0.912. The quantitative estimate of drug-likeness (QED) is 0.566. The molecule has 1 amide bonds. The Morgan fingerprint density at radius 3 is 2.08 bits per heavy atom. The zero-order valence-electron chi connectivity index (χ0n) is 7.20. The summed E-state index contributed by atoms with van der Waals surface area (Å²) < 4.78 is 0. The molecule has 4 nitrogen and oxygen atoms in total. The Balaban J connectivity index is 3.81. The summed E-state index contributed by atoms with van der Waals surface area (Å²) in [6.45, 7) is 4.00. The minimum absolute atomic E-state index is 0.0619. The molecule has 0 aliphatic heterocycles. The highest BCUT2D eigenvalue weighted by molar-refractivity contribution is 5.76. The maximum Gasteiger partial charge on any atom is 0.222 e. The highest BCUT2D eigenvalue weighted by Gasteiger charge is 2.10. The Morgan fingerprint density at radius 1 is 1.25 bits per heavy atom. The zero-order chi connectivity index (χ0) is 9.40. The molecule has 0 aromatic carbocycles. The van der Waals surface area contributed by atoms with Crippen molar-refractivity contribution in [3.8, 4) is 0 Å². The van der Waals surface area contributed by atoms with Crippen LogP contribution in [-0.4, -0.2) is 47.3 Å². The van der Waals surface area contributed by atoms with Crippen LogP contribution < -0.4 is 0 Å². The van der Waals surface area contributed by atoms with Gasteiger partial charge in [0.25, 0.3) is 0 Å². The third kappa shape index (κ3) is 4.31. The minimum atomic E-state index is -0.0666. The van der Waals surface area contributed by atoms with Gasteiger partial charge in [-0.25, -0.2) is 0 Å². The van der Waals surface area contributed by atoms with Crippen molar-refractivity contribution in [1.29, 1.82) is 0 Å². The maximum atomic E-state index is 11.2. The molecule has 2 N–H and O–H groups in total. The van der Waals surface area contributed by atoms with E-state index in [1.807, 2.05) is 0 Å². The zero-order valence-corrected chi connectivity index (χ0v) is 7.20. The summed E-state index contributed by atoms with van der Waals surface area (Å²) in [5, 5.41) is 17.2. The molecule has 0 bridgehead atoms. The molecule has 0 fully saturated rings. The van der Waals surface area contributed by atoms with Crippen molar-refractivity contribution in [3.63, 3.8) is 0 Å². The van der Waals surface area contributed by atoms with Crippen molar-refractivity contribution in [3.05, 3.63) is 6.92 Å². The molecular formula is C8H16NO3. The van der Waals surface area contributed by atoms with Gasteiger partial charge in [0.2, 0.25) is 5.91 Å². The number of amides is 1. The molecule has 0 spiro atoms. The Morgan fingerprint density at radius 2 is 1.75 bits per heavy atom. The fourth-order valence-corrected chi connectivity index (χ4v) is 0.912. The van der Waals surface area contributed by atoms with Crippen LogP contribution in [0.15, 0.2) is 0 Å². The summed E-state index contributed by atoms with van der Waals surface area (Å²) in [5.41, 5.74) is 0. The molecule has 0 aliphatic rings. The monoisotopic (exact) mass is 174 g/mol. The van der Waals surface area contributed by atoms with Crippen molar-refractivity contribution in [2.24, 2.45) is 0 Å². The van der Waals surface area contributed by atoms with Crippen molar-refractivity contribution >= 4 is 5.91 Å². The molecule has 0 heterocycles. The first-order valence-corrected chi connectivity index (χ1v) is 4.05. The summed E-state index contributed by atoms with van der Waals surface area (Å²) in [7, 11) is 0. The second kappa shape index (κ2) is 7.06. The Hall–Kier alpha value is -0.610. The molecule has 0 aromatic rings. The van der Waals surface area contributed by atoms with E-state index in [1.54, 1.807) is 0 Å². The van der Waals surface area contributed by atoms with Crippen molar-refractivity contribution in [2.75, 3.05) is 26.3 Å². The first kappa shape index (κ1) is 11.4. The van der Waals surface area contributed by atoms with Crippen LogP contribution in [0.4, 0.5) is 0 Å². The Bertz CT molecular complexity index is 121. The number of aliphatic hydroxyl groups excluding tert-OH is 2. The summed E-state index contributed by atoms with van der Waals surface area (Å²) in [6, 6.07) is 0. The van der Waals surface area contributed by atoms with E-state index in [4.69, 9.17) is 10.2 Å². The van der Waals surface area contributed by atoms with E-state index >= 15 is 0 Å². The van der Waals surface area contributed by atoms with Crippen LogP contribution in [0.3, 0.4) is 0 Å². The van der Waals surface area contributed by atoms with Gasteiger partial charge in [-0.3, -0.25) is 4.79 Å². The van der Waals surface area contributed by atoms with Gasteiger partial charge >= 0.3 is 0 Å². The molecule has 0 atom stereocenters. The summed E-state index contributed by atoms with van der Waals surface area (Å²) in [4.78, 5) is 12.6. The van der Waals surface area contributed by atoms with Crippen LogP contribution in [0.5, 0.6) is 0 Å². The lowest BCUT2D eigenvalue weighted by atomic mass is 10.3. The van der Waals surface area contributed by atoms with Crippen LogP contribution in [0.25, 0.3) is 0 Å². The predicted molar refractivity (Wildman–Crippen MR) is 45.3 cm³/mol.